The summed E-state index contributed by atoms with van der Waals surface area (Å²) in [6.07, 6.45) is 3.18. The third kappa shape index (κ3) is 4.64. The topological polar surface area (TPSA) is 73.7 Å². The first-order valence-corrected chi connectivity index (χ1v) is 11.5. The predicted molar refractivity (Wildman–Crippen MR) is 128 cm³/mol. The van der Waals surface area contributed by atoms with Crippen molar-refractivity contribution >= 4 is 16.8 Å². The van der Waals surface area contributed by atoms with Crippen molar-refractivity contribution in [2.75, 3.05) is 27.4 Å². The zero-order valence-corrected chi connectivity index (χ0v) is 19.5. The molecule has 1 aliphatic carbocycles. The van der Waals surface area contributed by atoms with Crippen LogP contribution in [0.25, 0.3) is 16.6 Å². The highest BCUT2D eigenvalue weighted by atomic mass is 16.5. The Morgan fingerprint density at radius 1 is 1.15 bits per heavy atom. The molecule has 1 heterocycles. The lowest BCUT2D eigenvalue weighted by atomic mass is 10.1. The van der Waals surface area contributed by atoms with Gasteiger partial charge < -0.3 is 14.4 Å². The largest absolute Gasteiger partial charge is 0.495 e. The van der Waals surface area contributed by atoms with E-state index in [1.807, 2.05) is 54.3 Å². The van der Waals surface area contributed by atoms with Crippen molar-refractivity contribution in [1.29, 1.82) is 0 Å². The molecule has 0 N–H and O–H groups in total. The number of hydrogen-bond acceptors (Lipinski definition) is 5. The van der Waals surface area contributed by atoms with Gasteiger partial charge >= 0.3 is 0 Å². The number of ether oxygens (including phenoxy) is 2. The first kappa shape index (κ1) is 23.0. The summed E-state index contributed by atoms with van der Waals surface area (Å²) in [6.45, 7) is 3.15. The van der Waals surface area contributed by atoms with Crippen LogP contribution in [0.15, 0.2) is 53.3 Å². The average molecular weight is 450 g/mol. The Kier molecular flexibility index (Phi) is 7.08. The number of hydrogen-bond donors (Lipinski definition) is 0. The fraction of sp³-hybridized carbons (Fsp3) is 0.423. The van der Waals surface area contributed by atoms with E-state index >= 15 is 0 Å². The number of carbonyl (C=O) groups excluding carboxylic acids is 1. The standard InChI is InChI=1S/C26H31N3O4/c1-4-21(28(16-9-17-32-2)25(30)18-14-15-18)24-27-20-11-6-5-10-19(20)26(31)29(24)22-12-7-8-13-23(22)33-3/h5-8,10-13,18,21H,4,9,14-17H2,1-3H3. The molecular weight excluding hydrogens is 418 g/mol. The second kappa shape index (κ2) is 10.2. The smallest absolute Gasteiger partial charge is 0.266 e. The molecule has 1 atom stereocenters. The van der Waals surface area contributed by atoms with Gasteiger partial charge in [0.15, 0.2) is 0 Å². The van der Waals surface area contributed by atoms with E-state index in [-0.39, 0.29) is 23.4 Å². The van der Waals surface area contributed by atoms with Crippen molar-refractivity contribution in [2.24, 2.45) is 5.92 Å². The summed E-state index contributed by atoms with van der Waals surface area (Å²) in [4.78, 5) is 34.0. The molecule has 2 aromatic carbocycles. The van der Waals surface area contributed by atoms with Crippen LogP contribution in [-0.2, 0) is 9.53 Å². The molecule has 4 rings (SSSR count). The maximum absolute atomic E-state index is 13.8. The number of nitrogens with zero attached hydrogens (tertiary/aromatic N) is 3. The second-order valence-corrected chi connectivity index (χ2v) is 8.38. The number of benzene rings is 2. The predicted octanol–water partition coefficient (Wildman–Crippen LogP) is 4.12. The van der Waals surface area contributed by atoms with E-state index in [0.717, 1.165) is 19.3 Å². The summed E-state index contributed by atoms with van der Waals surface area (Å²) in [5.41, 5.74) is 1.07. The zero-order chi connectivity index (χ0) is 23.4. The Bertz CT molecular complexity index is 1190. The van der Waals surface area contributed by atoms with Gasteiger partial charge in [0.1, 0.15) is 11.6 Å². The van der Waals surface area contributed by atoms with Gasteiger partial charge in [0.25, 0.3) is 5.56 Å². The number of para-hydroxylation sites is 3. The summed E-state index contributed by atoms with van der Waals surface area (Å²) in [6, 6.07) is 14.4. The van der Waals surface area contributed by atoms with Gasteiger partial charge in [-0.25, -0.2) is 4.98 Å². The highest BCUT2D eigenvalue weighted by Crippen LogP contribution is 2.36. The summed E-state index contributed by atoms with van der Waals surface area (Å²) in [5, 5.41) is 0.529. The fourth-order valence-corrected chi connectivity index (χ4v) is 4.33. The lowest BCUT2D eigenvalue weighted by molar-refractivity contribution is -0.135. The van der Waals surface area contributed by atoms with Gasteiger partial charge in [-0.3, -0.25) is 14.2 Å². The van der Waals surface area contributed by atoms with Crippen LogP contribution < -0.4 is 10.3 Å². The van der Waals surface area contributed by atoms with Crippen LogP contribution in [0.3, 0.4) is 0 Å². The van der Waals surface area contributed by atoms with Crippen LogP contribution >= 0.6 is 0 Å². The lowest BCUT2D eigenvalue weighted by Gasteiger charge is -2.32. The third-order valence-electron chi connectivity index (χ3n) is 6.15. The molecule has 1 fully saturated rings. The Morgan fingerprint density at radius 3 is 2.58 bits per heavy atom. The maximum Gasteiger partial charge on any atom is 0.266 e. The number of fused-ring (bicyclic) bond motifs is 1. The van der Waals surface area contributed by atoms with Crippen LogP contribution in [0.2, 0.25) is 0 Å². The number of aromatic nitrogens is 2. The minimum Gasteiger partial charge on any atom is -0.495 e. The average Bonchev–Trinajstić information content (AvgIpc) is 3.69. The molecule has 1 aliphatic rings. The summed E-state index contributed by atoms with van der Waals surface area (Å²) < 4.78 is 12.5. The molecule has 3 aromatic rings. The normalized spacial score (nSPS) is 14.3. The van der Waals surface area contributed by atoms with Crippen LogP contribution in [0.4, 0.5) is 0 Å². The molecular formula is C26H31N3O4. The maximum atomic E-state index is 13.8. The molecule has 1 unspecified atom stereocenters. The molecule has 0 aliphatic heterocycles. The van der Waals surface area contributed by atoms with Crippen LogP contribution in [-0.4, -0.2) is 47.7 Å². The van der Waals surface area contributed by atoms with Gasteiger partial charge in [0.2, 0.25) is 5.91 Å². The van der Waals surface area contributed by atoms with E-state index in [4.69, 9.17) is 14.5 Å². The van der Waals surface area contributed by atoms with Crippen molar-refractivity contribution < 1.29 is 14.3 Å². The molecule has 7 heteroatoms. The van der Waals surface area contributed by atoms with Crippen LogP contribution in [0.5, 0.6) is 5.75 Å². The molecule has 0 radical (unpaired) electrons. The molecule has 0 bridgehead atoms. The number of rotatable bonds is 10. The molecule has 1 amide bonds. The van der Waals surface area contributed by atoms with E-state index in [9.17, 15) is 9.59 Å². The molecule has 0 saturated heterocycles. The van der Waals surface area contributed by atoms with Gasteiger partial charge in [0, 0.05) is 26.2 Å². The third-order valence-corrected chi connectivity index (χ3v) is 6.15. The number of carbonyl (C=O) groups is 1. The first-order valence-electron chi connectivity index (χ1n) is 11.5. The van der Waals surface area contributed by atoms with Crippen molar-refractivity contribution in [3.63, 3.8) is 0 Å². The zero-order valence-electron chi connectivity index (χ0n) is 19.5. The van der Waals surface area contributed by atoms with Crippen LogP contribution in [0, 0.1) is 5.92 Å². The minimum absolute atomic E-state index is 0.0634. The van der Waals surface area contributed by atoms with Gasteiger partial charge in [-0.2, -0.15) is 0 Å². The molecule has 7 nitrogen and oxygen atoms in total. The second-order valence-electron chi connectivity index (χ2n) is 8.38. The van der Waals surface area contributed by atoms with Crippen molar-refractivity contribution in [1.82, 2.24) is 14.5 Å². The SMILES string of the molecule is CCC(c1nc2ccccc2c(=O)n1-c1ccccc1OC)N(CCCOC)C(=O)C1CC1. The van der Waals surface area contributed by atoms with Gasteiger partial charge in [0.05, 0.1) is 29.7 Å². The van der Waals surface area contributed by atoms with Crippen molar-refractivity contribution in [2.45, 2.75) is 38.6 Å². The van der Waals surface area contributed by atoms with E-state index in [0.29, 0.717) is 47.7 Å². The molecule has 1 aromatic heterocycles. The molecule has 174 valence electrons. The molecule has 0 spiro atoms. The summed E-state index contributed by atoms with van der Waals surface area (Å²) in [7, 11) is 3.25. The number of amides is 1. The van der Waals surface area contributed by atoms with Gasteiger partial charge in [-0.05, 0) is 49.9 Å². The first-order chi connectivity index (χ1) is 16.1. The monoisotopic (exact) mass is 449 g/mol. The van der Waals surface area contributed by atoms with Crippen molar-refractivity contribution in [3.8, 4) is 11.4 Å². The van der Waals surface area contributed by atoms with Gasteiger partial charge in [-0.15, -0.1) is 0 Å². The molecule has 1 saturated carbocycles. The minimum atomic E-state index is -0.350. The summed E-state index contributed by atoms with van der Waals surface area (Å²) >= 11 is 0. The van der Waals surface area contributed by atoms with E-state index in [2.05, 4.69) is 0 Å². The number of methoxy groups -OCH3 is 2. The molecule has 33 heavy (non-hydrogen) atoms. The highest BCUT2D eigenvalue weighted by Gasteiger charge is 2.37. The quantitative estimate of drug-likeness (QED) is 0.435. The summed E-state index contributed by atoms with van der Waals surface area (Å²) in [5.74, 6) is 1.32. The van der Waals surface area contributed by atoms with Gasteiger partial charge in [-0.1, -0.05) is 31.2 Å². The highest BCUT2D eigenvalue weighted by molar-refractivity contribution is 5.82. The Hall–Kier alpha value is -3.19. The Balaban J connectivity index is 1.93. The lowest BCUT2D eigenvalue weighted by Crippen LogP contribution is -2.40. The Morgan fingerprint density at radius 2 is 1.88 bits per heavy atom. The van der Waals surface area contributed by atoms with E-state index in [1.165, 1.54) is 0 Å². The van der Waals surface area contributed by atoms with Crippen molar-refractivity contribution in [3.05, 3.63) is 64.7 Å². The van der Waals surface area contributed by atoms with E-state index in [1.54, 1.807) is 24.9 Å². The van der Waals surface area contributed by atoms with E-state index < -0.39 is 0 Å². The fourth-order valence-electron chi connectivity index (χ4n) is 4.33. The van der Waals surface area contributed by atoms with Crippen LogP contribution in [0.1, 0.15) is 44.5 Å². The Labute approximate surface area is 194 Å².